The van der Waals surface area contributed by atoms with Gasteiger partial charge in [-0.2, -0.15) is 11.8 Å². The molecule has 0 amide bonds. The van der Waals surface area contributed by atoms with Gasteiger partial charge < -0.3 is 9.72 Å². The number of methoxy groups -OCH3 is 1. The SMILES string of the molecule is COc1ccc(Cc2nc(=S)c3c([nH]2)CSC3)cc1. The molecule has 1 aliphatic heterocycles. The van der Waals surface area contributed by atoms with Gasteiger partial charge in [0.15, 0.2) is 0 Å². The molecule has 0 bridgehead atoms. The maximum absolute atomic E-state index is 5.36. The van der Waals surface area contributed by atoms with Crippen molar-refractivity contribution in [2.24, 2.45) is 0 Å². The predicted molar refractivity (Wildman–Crippen MR) is 80.2 cm³/mol. The molecule has 0 atom stereocenters. The maximum atomic E-state index is 5.36. The van der Waals surface area contributed by atoms with Crippen LogP contribution in [0, 0.1) is 4.64 Å². The second kappa shape index (κ2) is 5.35. The minimum Gasteiger partial charge on any atom is -0.497 e. The molecule has 98 valence electrons. The molecule has 3 rings (SSSR count). The molecule has 5 heteroatoms. The fourth-order valence-corrected chi connectivity index (χ4v) is 3.61. The number of aromatic nitrogens is 2. The van der Waals surface area contributed by atoms with E-state index in [2.05, 4.69) is 22.1 Å². The molecule has 0 radical (unpaired) electrons. The number of rotatable bonds is 3. The van der Waals surface area contributed by atoms with Crippen molar-refractivity contribution in [2.45, 2.75) is 17.9 Å². The maximum Gasteiger partial charge on any atom is 0.134 e. The number of nitrogens with zero attached hydrogens (tertiary/aromatic N) is 1. The summed E-state index contributed by atoms with van der Waals surface area (Å²) >= 11 is 7.24. The van der Waals surface area contributed by atoms with E-state index in [-0.39, 0.29) is 0 Å². The molecule has 0 fully saturated rings. The van der Waals surface area contributed by atoms with Crippen LogP contribution >= 0.6 is 24.0 Å². The van der Waals surface area contributed by atoms with Gasteiger partial charge in [-0.05, 0) is 17.7 Å². The summed E-state index contributed by atoms with van der Waals surface area (Å²) in [4.78, 5) is 7.91. The van der Waals surface area contributed by atoms with E-state index < -0.39 is 0 Å². The average Bonchev–Trinajstić information content (AvgIpc) is 2.88. The Labute approximate surface area is 121 Å². The van der Waals surface area contributed by atoms with Crippen molar-refractivity contribution in [2.75, 3.05) is 7.11 Å². The molecule has 0 aliphatic carbocycles. The molecule has 1 aliphatic rings. The van der Waals surface area contributed by atoms with Crippen molar-refractivity contribution in [3.05, 3.63) is 51.6 Å². The lowest BCUT2D eigenvalue weighted by Crippen LogP contribution is -2.02. The third kappa shape index (κ3) is 2.67. The van der Waals surface area contributed by atoms with Crippen LogP contribution < -0.4 is 4.74 Å². The van der Waals surface area contributed by atoms with Crippen LogP contribution in [0.25, 0.3) is 0 Å². The Hall–Kier alpha value is -1.33. The highest BCUT2D eigenvalue weighted by Gasteiger charge is 2.15. The third-order valence-electron chi connectivity index (χ3n) is 3.18. The molecule has 19 heavy (non-hydrogen) atoms. The van der Waals surface area contributed by atoms with Crippen LogP contribution in [-0.4, -0.2) is 17.1 Å². The summed E-state index contributed by atoms with van der Waals surface area (Å²) in [7, 11) is 1.67. The van der Waals surface area contributed by atoms with E-state index in [9.17, 15) is 0 Å². The monoisotopic (exact) mass is 290 g/mol. The Morgan fingerprint density at radius 3 is 2.84 bits per heavy atom. The summed E-state index contributed by atoms with van der Waals surface area (Å²) in [6.45, 7) is 0. The molecular weight excluding hydrogens is 276 g/mol. The highest BCUT2D eigenvalue weighted by molar-refractivity contribution is 7.98. The van der Waals surface area contributed by atoms with Gasteiger partial charge in [0, 0.05) is 29.2 Å². The summed E-state index contributed by atoms with van der Waals surface area (Å²) < 4.78 is 5.91. The zero-order chi connectivity index (χ0) is 13.2. The largest absolute Gasteiger partial charge is 0.497 e. The number of benzene rings is 1. The fraction of sp³-hybridized carbons (Fsp3) is 0.286. The van der Waals surface area contributed by atoms with E-state index >= 15 is 0 Å². The number of fused-ring (bicyclic) bond motifs is 1. The summed E-state index contributed by atoms with van der Waals surface area (Å²) in [5.74, 6) is 3.81. The molecule has 2 heterocycles. The van der Waals surface area contributed by atoms with Crippen LogP contribution in [0.15, 0.2) is 24.3 Å². The predicted octanol–water partition coefficient (Wildman–Crippen LogP) is 3.49. The van der Waals surface area contributed by atoms with Crippen molar-refractivity contribution >= 4 is 24.0 Å². The van der Waals surface area contributed by atoms with E-state index in [1.165, 1.54) is 16.8 Å². The number of H-pyrrole nitrogens is 1. The summed E-state index contributed by atoms with van der Waals surface area (Å²) in [6.07, 6.45) is 0.769. The molecule has 1 aromatic carbocycles. The smallest absolute Gasteiger partial charge is 0.134 e. The van der Waals surface area contributed by atoms with E-state index in [0.717, 1.165) is 34.1 Å². The van der Waals surface area contributed by atoms with Gasteiger partial charge in [0.05, 0.1) is 7.11 Å². The normalized spacial score (nSPS) is 13.3. The highest BCUT2D eigenvalue weighted by Crippen LogP contribution is 2.28. The lowest BCUT2D eigenvalue weighted by Gasteiger charge is -2.06. The van der Waals surface area contributed by atoms with Crippen molar-refractivity contribution in [3.63, 3.8) is 0 Å². The Morgan fingerprint density at radius 2 is 2.11 bits per heavy atom. The lowest BCUT2D eigenvalue weighted by atomic mass is 10.1. The Balaban J connectivity index is 1.87. The van der Waals surface area contributed by atoms with Crippen molar-refractivity contribution < 1.29 is 4.74 Å². The van der Waals surface area contributed by atoms with Gasteiger partial charge >= 0.3 is 0 Å². The van der Waals surface area contributed by atoms with Crippen molar-refractivity contribution in [3.8, 4) is 5.75 Å². The van der Waals surface area contributed by atoms with Gasteiger partial charge in [-0.15, -0.1) is 0 Å². The quantitative estimate of drug-likeness (QED) is 0.878. The zero-order valence-electron chi connectivity index (χ0n) is 10.6. The minimum atomic E-state index is 0.752. The summed E-state index contributed by atoms with van der Waals surface area (Å²) in [5.41, 5.74) is 3.65. The first-order valence-electron chi connectivity index (χ1n) is 6.08. The molecule has 2 aromatic rings. The van der Waals surface area contributed by atoms with Gasteiger partial charge in [0.2, 0.25) is 0 Å². The van der Waals surface area contributed by atoms with E-state index in [0.29, 0.717) is 0 Å². The minimum absolute atomic E-state index is 0.752. The number of hydrogen-bond acceptors (Lipinski definition) is 4. The molecule has 1 aromatic heterocycles. The van der Waals surface area contributed by atoms with Crippen LogP contribution in [0.2, 0.25) is 0 Å². The van der Waals surface area contributed by atoms with E-state index in [4.69, 9.17) is 17.0 Å². The highest BCUT2D eigenvalue weighted by atomic mass is 32.2. The van der Waals surface area contributed by atoms with Crippen LogP contribution in [-0.2, 0) is 17.9 Å². The molecule has 0 saturated heterocycles. The van der Waals surface area contributed by atoms with Gasteiger partial charge in [-0.25, -0.2) is 4.98 Å². The first-order chi connectivity index (χ1) is 9.26. The standard InChI is InChI=1S/C14H14N2OS2/c1-17-10-4-2-9(3-5-10)6-13-15-12-8-19-7-11(12)14(18)16-13/h2-5H,6-8H2,1H3,(H,15,16,18). The number of aromatic amines is 1. The van der Waals surface area contributed by atoms with Crippen molar-refractivity contribution in [1.82, 2.24) is 9.97 Å². The molecule has 0 saturated carbocycles. The van der Waals surface area contributed by atoms with Gasteiger partial charge in [0.1, 0.15) is 16.2 Å². The fourth-order valence-electron chi connectivity index (χ4n) is 2.14. The molecular formula is C14H14N2OS2. The average molecular weight is 290 g/mol. The third-order valence-corrected chi connectivity index (χ3v) is 4.50. The Bertz CT molecular complexity index is 649. The van der Waals surface area contributed by atoms with Crippen LogP contribution in [0.4, 0.5) is 0 Å². The molecule has 0 spiro atoms. The van der Waals surface area contributed by atoms with Gasteiger partial charge in [0.25, 0.3) is 0 Å². The Morgan fingerprint density at radius 1 is 1.32 bits per heavy atom. The second-order valence-corrected chi connectivity index (χ2v) is 5.84. The lowest BCUT2D eigenvalue weighted by molar-refractivity contribution is 0.414. The van der Waals surface area contributed by atoms with Crippen LogP contribution in [0.1, 0.15) is 22.6 Å². The van der Waals surface area contributed by atoms with E-state index in [1.807, 2.05) is 23.9 Å². The van der Waals surface area contributed by atoms with Gasteiger partial charge in [-0.1, -0.05) is 24.4 Å². The Kier molecular flexibility index (Phi) is 3.57. The van der Waals surface area contributed by atoms with Crippen LogP contribution in [0.5, 0.6) is 5.75 Å². The number of thioether (sulfide) groups is 1. The molecule has 0 unspecified atom stereocenters. The first-order valence-corrected chi connectivity index (χ1v) is 7.64. The van der Waals surface area contributed by atoms with Crippen molar-refractivity contribution in [1.29, 1.82) is 0 Å². The summed E-state index contributed by atoms with van der Waals surface area (Å²) in [6, 6.07) is 8.04. The number of hydrogen-bond donors (Lipinski definition) is 1. The van der Waals surface area contributed by atoms with E-state index in [1.54, 1.807) is 7.11 Å². The zero-order valence-corrected chi connectivity index (χ0v) is 12.2. The van der Waals surface area contributed by atoms with Gasteiger partial charge in [-0.3, -0.25) is 0 Å². The topological polar surface area (TPSA) is 37.9 Å². The number of ether oxygens (including phenoxy) is 1. The first kappa shape index (κ1) is 12.7. The second-order valence-electron chi connectivity index (χ2n) is 4.46. The molecule has 1 N–H and O–H groups in total. The number of nitrogens with one attached hydrogen (secondary N) is 1. The van der Waals surface area contributed by atoms with Crippen LogP contribution in [0.3, 0.4) is 0 Å². The summed E-state index contributed by atoms with van der Waals surface area (Å²) in [5, 5.41) is 0. The molecule has 3 nitrogen and oxygen atoms in total.